The lowest BCUT2D eigenvalue weighted by molar-refractivity contribution is 0.796. The van der Waals surface area contributed by atoms with Crippen molar-refractivity contribution in [2.75, 3.05) is 4.90 Å². The van der Waals surface area contributed by atoms with Crippen LogP contribution in [0.1, 0.15) is 18.9 Å². The molecule has 4 rings (SSSR count). The maximum Gasteiger partial charge on any atom is 0.101 e. The van der Waals surface area contributed by atoms with Crippen molar-refractivity contribution in [2.45, 2.75) is 25.9 Å². The number of hydrogen-bond donors (Lipinski definition) is 0. The quantitative estimate of drug-likeness (QED) is 0.818. The number of hydrogen-bond acceptors (Lipinski definition) is 2. The van der Waals surface area contributed by atoms with Gasteiger partial charge in [-0.2, -0.15) is 5.26 Å². The molecule has 2 heterocycles. The van der Waals surface area contributed by atoms with E-state index in [1.807, 2.05) is 6.20 Å². The molecule has 3 heteroatoms. The summed E-state index contributed by atoms with van der Waals surface area (Å²) >= 11 is 0. The summed E-state index contributed by atoms with van der Waals surface area (Å²) in [5, 5.41) is 10.2. The topological polar surface area (TPSA) is 32.0 Å². The maximum absolute atomic E-state index is 9.19. The van der Waals surface area contributed by atoms with Gasteiger partial charge in [-0.3, -0.25) is 0 Å². The van der Waals surface area contributed by atoms with Gasteiger partial charge >= 0.3 is 0 Å². The summed E-state index contributed by atoms with van der Waals surface area (Å²) in [5.41, 5.74) is 3.17. The van der Waals surface area contributed by atoms with Crippen LogP contribution in [0.4, 0.5) is 5.69 Å². The maximum atomic E-state index is 9.19. The fourth-order valence-electron chi connectivity index (χ4n) is 3.11. The van der Waals surface area contributed by atoms with Crippen molar-refractivity contribution >= 4 is 16.6 Å². The molecule has 1 aliphatic heterocycles. The van der Waals surface area contributed by atoms with Gasteiger partial charge in [0.2, 0.25) is 0 Å². The van der Waals surface area contributed by atoms with Crippen LogP contribution in [-0.2, 0) is 6.54 Å². The molecule has 1 aromatic heterocycles. The van der Waals surface area contributed by atoms with Gasteiger partial charge < -0.3 is 9.47 Å². The van der Waals surface area contributed by atoms with Crippen LogP contribution in [0.25, 0.3) is 10.9 Å². The second-order valence-corrected chi connectivity index (χ2v) is 5.36. The minimum Gasteiger partial charge on any atom is -0.346 e. The third kappa shape index (κ3) is 1.43. The van der Waals surface area contributed by atoms with Crippen molar-refractivity contribution in [1.82, 2.24) is 4.57 Å². The van der Waals surface area contributed by atoms with Crippen molar-refractivity contribution < 1.29 is 0 Å². The molecule has 0 radical (unpaired) electrons. The van der Waals surface area contributed by atoms with Gasteiger partial charge in [-0.1, -0.05) is 6.08 Å². The Bertz CT molecular complexity index is 732. The first kappa shape index (κ1) is 10.7. The summed E-state index contributed by atoms with van der Waals surface area (Å²) in [6, 6.07) is 9.39. The molecule has 1 aliphatic carbocycles. The molecule has 19 heavy (non-hydrogen) atoms. The minimum atomic E-state index is 0.679. The fourth-order valence-corrected chi connectivity index (χ4v) is 3.11. The van der Waals surface area contributed by atoms with Gasteiger partial charge in [0.05, 0.1) is 11.1 Å². The van der Waals surface area contributed by atoms with Crippen LogP contribution in [-0.4, -0.2) is 10.6 Å². The van der Waals surface area contributed by atoms with E-state index in [0.717, 1.165) is 28.9 Å². The third-order valence-corrected chi connectivity index (χ3v) is 4.28. The monoisotopic (exact) mass is 249 g/mol. The molecule has 2 aromatic rings. The predicted molar refractivity (Wildman–Crippen MR) is 75.8 cm³/mol. The number of rotatable bonds is 2. The van der Waals surface area contributed by atoms with Crippen molar-refractivity contribution in [3.63, 3.8) is 0 Å². The lowest BCUT2D eigenvalue weighted by atomic mass is 10.1. The van der Waals surface area contributed by atoms with Crippen molar-refractivity contribution in [3.05, 3.63) is 42.2 Å². The minimum absolute atomic E-state index is 0.679. The molecule has 2 aliphatic rings. The molecule has 0 N–H and O–H groups in total. The van der Waals surface area contributed by atoms with E-state index >= 15 is 0 Å². The van der Waals surface area contributed by atoms with E-state index in [2.05, 4.69) is 52.9 Å². The second-order valence-electron chi connectivity index (χ2n) is 5.36. The third-order valence-electron chi connectivity index (χ3n) is 4.28. The van der Waals surface area contributed by atoms with Crippen LogP contribution in [0.15, 0.2) is 36.7 Å². The summed E-state index contributed by atoms with van der Waals surface area (Å²) in [4.78, 5) is 2.36. The molecule has 1 saturated carbocycles. The zero-order chi connectivity index (χ0) is 13.0. The number of aromatic nitrogens is 1. The van der Waals surface area contributed by atoms with Gasteiger partial charge in [0, 0.05) is 42.0 Å². The summed E-state index contributed by atoms with van der Waals surface area (Å²) < 4.78 is 2.15. The first-order valence-electron chi connectivity index (χ1n) is 6.81. The zero-order valence-electron chi connectivity index (χ0n) is 10.9. The molecule has 1 aromatic carbocycles. The van der Waals surface area contributed by atoms with Crippen molar-refractivity contribution in [1.29, 1.82) is 5.26 Å². The van der Waals surface area contributed by atoms with Gasteiger partial charge in [0.15, 0.2) is 0 Å². The fraction of sp³-hybridized carbons (Fsp3) is 0.312. The average Bonchev–Trinajstić information content (AvgIpc) is 2.97. The Hall–Kier alpha value is -2.21. The van der Waals surface area contributed by atoms with Crippen LogP contribution < -0.4 is 4.90 Å². The summed E-state index contributed by atoms with van der Waals surface area (Å²) in [5.74, 6) is 0.767. The average molecular weight is 249 g/mol. The number of anilines is 1. The molecule has 2 atom stereocenters. The molecule has 2 unspecified atom stereocenters. The largest absolute Gasteiger partial charge is 0.346 e. The number of nitrogens with zero attached hydrogens (tertiary/aromatic N) is 3. The molecular weight excluding hydrogens is 234 g/mol. The molecule has 1 fully saturated rings. The second kappa shape index (κ2) is 3.64. The predicted octanol–water partition coefficient (Wildman–Crippen LogP) is 3.26. The molecule has 0 amide bonds. The van der Waals surface area contributed by atoms with Crippen LogP contribution in [0.3, 0.4) is 0 Å². The van der Waals surface area contributed by atoms with Crippen molar-refractivity contribution in [3.8, 4) is 6.07 Å². The van der Waals surface area contributed by atoms with Crippen molar-refractivity contribution in [2.24, 2.45) is 5.92 Å². The Morgan fingerprint density at radius 1 is 1.42 bits per heavy atom. The summed E-state index contributed by atoms with van der Waals surface area (Å²) in [6.07, 6.45) is 7.74. The number of nitriles is 1. The smallest absolute Gasteiger partial charge is 0.101 e. The van der Waals surface area contributed by atoms with E-state index in [9.17, 15) is 5.26 Å². The van der Waals surface area contributed by atoms with Gasteiger partial charge in [0.1, 0.15) is 6.07 Å². The molecule has 94 valence electrons. The van der Waals surface area contributed by atoms with E-state index in [1.165, 1.54) is 12.1 Å². The highest BCUT2D eigenvalue weighted by atomic mass is 15.2. The number of fused-ring (bicyclic) bond motifs is 2. The van der Waals surface area contributed by atoms with E-state index in [0.29, 0.717) is 6.04 Å². The van der Waals surface area contributed by atoms with Gasteiger partial charge in [0.25, 0.3) is 0 Å². The van der Waals surface area contributed by atoms with Gasteiger partial charge in [-0.05, 0) is 31.5 Å². The van der Waals surface area contributed by atoms with E-state index in [1.54, 1.807) is 0 Å². The molecular formula is C16H15N3. The van der Waals surface area contributed by atoms with E-state index in [4.69, 9.17) is 0 Å². The highest BCUT2D eigenvalue weighted by Gasteiger charge is 2.43. The Labute approximate surface area is 112 Å². The highest BCUT2D eigenvalue weighted by molar-refractivity contribution is 5.89. The van der Waals surface area contributed by atoms with E-state index < -0.39 is 0 Å². The van der Waals surface area contributed by atoms with Crippen LogP contribution in [0.2, 0.25) is 0 Å². The Kier molecular flexibility index (Phi) is 2.05. The van der Waals surface area contributed by atoms with Gasteiger partial charge in [-0.15, -0.1) is 0 Å². The summed E-state index contributed by atoms with van der Waals surface area (Å²) in [6.45, 7) is 3.00. The normalized spacial score (nSPS) is 23.7. The lowest BCUT2D eigenvalue weighted by Gasteiger charge is -2.18. The standard InChI is InChI=1S/C16H15N3/c1-2-18-10-12(9-17)14-4-3-13(8-16(14)18)19-6-5-11-7-15(11)19/h3-6,8,10-11,15H,2,7H2,1H3. The Balaban J connectivity index is 1.87. The zero-order valence-corrected chi connectivity index (χ0v) is 10.9. The van der Waals surface area contributed by atoms with Gasteiger partial charge in [-0.25, -0.2) is 0 Å². The number of benzene rings is 1. The van der Waals surface area contributed by atoms with Crippen LogP contribution >= 0.6 is 0 Å². The molecule has 0 saturated heterocycles. The van der Waals surface area contributed by atoms with Crippen LogP contribution in [0, 0.1) is 17.2 Å². The SMILES string of the molecule is CCn1cc(C#N)c2ccc(N3C=CC4CC43)cc21. The number of aryl methyl sites for hydroxylation is 1. The molecule has 3 nitrogen and oxygen atoms in total. The van der Waals surface area contributed by atoms with Crippen LogP contribution in [0.5, 0.6) is 0 Å². The molecule has 0 spiro atoms. The van der Waals surface area contributed by atoms with E-state index in [-0.39, 0.29) is 0 Å². The Morgan fingerprint density at radius 2 is 2.32 bits per heavy atom. The highest BCUT2D eigenvalue weighted by Crippen LogP contribution is 2.44. The molecule has 0 bridgehead atoms. The first-order chi connectivity index (χ1) is 9.31. The summed E-state index contributed by atoms with van der Waals surface area (Å²) in [7, 11) is 0. The Morgan fingerprint density at radius 3 is 2.95 bits per heavy atom. The lowest BCUT2D eigenvalue weighted by Crippen LogP contribution is -2.16. The first-order valence-corrected chi connectivity index (χ1v) is 6.81.